The second-order valence-corrected chi connectivity index (χ2v) is 2.87. The summed E-state index contributed by atoms with van der Waals surface area (Å²) in [6, 6.07) is 9.53. The fourth-order valence-electron chi connectivity index (χ4n) is 1.17. The normalized spacial score (nSPS) is 10.1. The number of carbonyl (C=O) groups excluding carboxylic acids is 1. The molecule has 1 aromatic heterocycles. The predicted molar refractivity (Wildman–Crippen MR) is 52.2 cm³/mol. The van der Waals surface area contributed by atoms with Gasteiger partial charge in [-0.05, 0) is 12.1 Å². The molecule has 0 amide bonds. The van der Waals surface area contributed by atoms with Crippen LogP contribution in [0.1, 0.15) is 10.4 Å². The van der Waals surface area contributed by atoms with Crippen molar-refractivity contribution in [3.63, 3.8) is 0 Å². The molecular formula is C11H8N2O. The molecule has 68 valence electrons. The summed E-state index contributed by atoms with van der Waals surface area (Å²) in [4.78, 5) is 10.8. The van der Waals surface area contributed by atoms with Crippen LogP contribution >= 0.6 is 0 Å². The smallest absolute Gasteiger partial charge is 0.170 e. The first-order valence-corrected chi connectivity index (χ1v) is 4.17. The molecule has 2 rings (SSSR count). The molecule has 0 aliphatic rings. The molecule has 0 saturated carbocycles. The number of rotatable bonds is 2. The van der Waals surface area contributed by atoms with Gasteiger partial charge in [-0.15, -0.1) is 0 Å². The summed E-state index contributed by atoms with van der Waals surface area (Å²) < 4.78 is 1.61. The zero-order valence-corrected chi connectivity index (χ0v) is 7.42. The van der Waals surface area contributed by atoms with E-state index in [-0.39, 0.29) is 0 Å². The van der Waals surface area contributed by atoms with Gasteiger partial charge in [-0.25, -0.2) is 4.68 Å². The average molecular weight is 184 g/mol. The van der Waals surface area contributed by atoms with Crippen LogP contribution < -0.4 is 0 Å². The molecule has 0 aliphatic heterocycles. The lowest BCUT2D eigenvalue weighted by molar-refractivity contribution is 0.104. The second-order valence-electron chi connectivity index (χ2n) is 2.87. The quantitative estimate of drug-likeness (QED) is 0.666. The Bertz CT molecular complexity index is 445. The van der Waals surface area contributed by atoms with Gasteiger partial charge >= 0.3 is 0 Å². The van der Waals surface area contributed by atoms with E-state index >= 15 is 0 Å². The zero-order valence-electron chi connectivity index (χ0n) is 7.42. The van der Waals surface area contributed by atoms with Gasteiger partial charge in [-0.1, -0.05) is 18.2 Å². The number of nitrogens with zero attached hydrogens (tertiary/aromatic N) is 2. The molecule has 14 heavy (non-hydrogen) atoms. The molecule has 1 aromatic carbocycles. The number of carbonyl (C=O) groups is 1. The minimum absolute atomic E-state index is 0.411. The number of para-hydroxylation sites is 1. The van der Waals surface area contributed by atoms with Crippen molar-refractivity contribution in [2.45, 2.75) is 0 Å². The molecule has 0 aliphatic carbocycles. The minimum Gasteiger partial charge on any atom is -0.294 e. The summed E-state index contributed by atoms with van der Waals surface area (Å²) in [5.74, 6) is -0.466. The Balaban J connectivity index is 2.39. The fourth-order valence-corrected chi connectivity index (χ4v) is 1.17. The van der Waals surface area contributed by atoms with E-state index in [4.69, 9.17) is 6.92 Å². The number of hydrogen-bond acceptors (Lipinski definition) is 2. The summed E-state index contributed by atoms with van der Waals surface area (Å²) >= 11 is 0. The average Bonchev–Trinajstić information content (AvgIpc) is 2.68. The third kappa shape index (κ3) is 1.57. The number of Topliss-reactive ketones (excluding diaryl/α,β-unsaturated/α-hetero) is 1. The van der Waals surface area contributed by atoms with Crippen LogP contribution in [-0.4, -0.2) is 15.6 Å². The maximum atomic E-state index is 10.8. The van der Waals surface area contributed by atoms with Crippen molar-refractivity contribution in [3.8, 4) is 5.69 Å². The highest BCUT2D eigenvalue weighted by Crippen LogP contribution is 2.07. The zero-order chi connectivity index (χ0) is 9.97. The van der Waals surface area contributed by atoms with Gasteiger partial charge in [0.25, 0.3) is 0 Å². The van der Waals surface area contributed by atoms with Crippen molar-refractivity contribution in [1.82, 2.24) is 9.78 Å². The SMILES string of the molecule is [CH]C(=O)c1cnn(-c2ccccc2)c1. The van der Waals surface area contributed by atoms with Crippen molar-refractivity contribution >= 4 is 5.78 Å². The molecule has 0 bridgehead atoms. The Hall–Kier alpha value is -1.90. The molecule has 2 radical (unpaired) electrons. The molecule has 0 unspecified atom stereocenters. The lowest BCUT2D eigenvalue weighted by Gasteiger charge is -1.98. The van der Waals surface area contributed by atoms with Crippen LogP contribution in [0.5, 0.6) is 0 Å². The molecule has 0 atom stereocenters. The molecule has 3 nitrogen and oxygen atoms in total. The highest BCUT2D eigenvalue weighted by atomic mass is 16.1. The van der Waals surface area contributed by atoms with Gasteiger partial charge in [0.2, 0.25) is 0 Å². The first-order valence-electron chi connectivity index (χ1n) is 4.17. The Morgan fingerprint density at radius 1 is 1.29 bits per heavy atom. The number of aromatic nitrogens is 2. The van der Waals surface area contributed by atoms with Crippen molar-refractivity contribution in [1.29, 1.82) is 0 Å². The third-order valence-corrected chi connectivity index (χ3v) is 1.89. The van der Waals surface area contributed by atoms with Crippen molar-refractivity contribution in [2.24, 2.45) is 0 Å². The molecule has 0 N–H and O–H groups in total. The van der Waals surface area contributed by atoms with Crippen molar-refractivity contribution in [3.05, 3.63) is 55.2 Å². The van der Waals surface area contributed by atoms with Crippen LogP contribution in [0.4, 0.5) is 0 Å². The maximum Gasteiger partial charge on any atom is 0.170 e. The molecule has 1 heterocycles. The largest absolute Gasteiger partial charge is 0.294 e. The molecular weight excluding hydrogens is 176 g/mol. The van der Waals surface area contributed by atoms with E-state index in [1.807, 2.05) is 30.3 Å². The van der Waals surface area contributed by atoms with Gasteiger partial charge < -0.3 is 0 Å². The Kier molecular flexibility index (Phi) is 2.14. The summed E-state index contributed by atoms with van der Waals surface area (Å²) in [6.45, 7) is 5.11. The number of ketones is 1. The first-order chi connectivity index (χ1) is 6.77. The predicted octanol–water partition coefficient (Wildman–Crippen LogP) is 1.77. The molecule has 3 heteroatoms. The third-order valence-electron chi connectivity index (χ3n) is 1.89. The van der Waals surface area contributed by atoms with E-state index in [0.29, 0.717) is 5.56 Å². The second kappa shape index (κ2) is 3.46. The molecule has 0 fully saturated rings. The van der Waals surface area contributed by atoms with Gasteiger partial charge in [-0.3, -0.25) is 4.79 Å². The van der Waals surface area contributed by atoms with Crippen LogP contribution in [0.15, 0.2) is 42.7 Å². The van der Waals surface area contributed by atoms with Gasteiger partial charge in [0.1, 0.15) is 0 Å². The molecule has 2 aromatic rings. The van der Waals surface area contributed by atoms with Gasteiger partial charge in [-0.2, -0.15) is 5.10 Å². The van der Waals surface area contributed by atoms with E-state index in [9.17, 15) is 4.79 Å². The van der Waals surface area contributed by atoms with Crippen LogP contribution in [0.25, 0.3) is 5.69 Å². The van der Waals surface area contributed by atoms with Gasteiger partial charge in [0.05, 0.1) is 17.4 Å². The Morgan fingerprint density at radius 2 is 2.00 bits per heavy atom. The van der Waals surface area contributed by atoms with Crippen LogP contribution in [0.2, 0.25) is 0 Å². The van der Waals surface area contributed by atoms with Gasteiger partial charge in [0.15, 0.2) is 5.78 Å². The van der Waals surface area contributed by atoms with E-state index in [1.165, 1.54) is 6.20 Å². The summed E-state index contributed by atoms with van der Waals surface area (Å²) in [5.41, 5.74) is 1.31. The standard InChI is InChI=1S/C11H8N2O/c1-9(14)10-7-12-13(8-10)11-5-3-2-4-6-11/h1-8H. The van der Waals surface area contributed by atoms with Crippen molar-refractivity contribution in [2.75, 3.05) is 0 Å². The molecule has 0 spiro atoms. The first kappa shape index (κ1) is 8.69. The highest BCUT2D eigenvalue weighted by Gasteiger charge is 2.03. The molecule has 0 saturated heterocycles. The van der Waals surface area contributed by atoms with Crippen LogP contribution in [0, 0.1) is 6.92 Å². The van der Waals surface area contributed by atoms with E-state index < -0.39 is 5.78 Å². The summed E-state index contributed by atoms with van der Waals surface area (Å²) in [7, 11) is 0. The lowest BCUT2D eigenvalue weighted by Crippen LogP contribution is -1.93. The highest BCUT2D eigenvalue weighted by molar-refractivity contribution is 5.98. The lowest BCUT2D eigenvalue weighted by atomic mass is 10.2. The summed E-state index contributed by atoms with van der Waals surface area (Å²) in [5, 5.41) is 4.02. The number of benzene rings is 1. The Labute approximate surface area is 82.0 Å². The number of hydrogen-bond donors (Lipinski definition) is 0. The fraction of sp³-hybridized carbons (Fsp3) is 0. The maximum absolute atomic E-state index is 10.8. The topological polar surface area (TPSA) is 34.9 Å². The monoisotopic (exact) mass is 184 g/mol. The summed E-state index contributed by atoms with van der Waals surface area (Å²) in [6.07, 6.45) is 3.06. The van der Waals surface area contributed by atoms with Crippen LogP contribution in [0.3, 0.4) is 0 Å². The minimum atomic E-state index is -0.466. The van der Waals surface area contributed by atoms with E-state index in [2.05, 4.69) is 5.10 Å². The Morgan fingerprint density at radius 3 is 2.57 bits per heavy atom. The van der Waals surface area contributed by atoms with Gasteiger partial charge in [0, 0.05) is 13.1 Å². The van der Waals surface area contributed by atoms with E-state index in [1.54, 1.807) is 10.9 Å². The van der Waals surface area contributed by atoms with E-state index in [0.717, 1.165) is 5.69 Å². The van der Waals surface area contributed by atoms with Crippen molar-refractivity contribution < 1.29 is 4.79 Å². The van der Waals surface area contributed by atoms with Crippen LogP contribution in [-0.2, 0) is 0 Å².